The first-order valence-corrected chi connectivity index (χ1v) is 14.7. The predicted molar refractivity (Wildman–Crippen MR) is 160 cm³/mol. The van der Waals surface area contributed by atoms with Crippen LogP contribution < -0.4 is 15.5 Å². The van der Waals surface area contributed by atoms with Gasteiger partial charge in [-0.25, -0.2) is 0 Å². The lowest BCUT2D eigenvalue weighted by atomic mass is 9.88. The van der Waals surface area contributed by atoms with Crippen molar-refractivity contribution in [1.82, 2.24) is 15.5 Å². The molecule has 3 aromatic rings. The number of Topliss-reactive ketones (excluding diaryl/α,β-unsaturated/α-hetero) is 1. The van der Waals surface area contributed by atoms with Crippen LogP contribution in [0.2, 0.25) is 0 Å². The molecule has 4 atom stereocenters. The smallest absolute Gasteiger partial charge is 0.264 e. The van der Waals surface area contributed by atoms with Gasteiger partial charge < -0.3 is 30.4 Å². The monoisotopic (exact) mass is 584 g/mol. The second kappa shape index (κ2) is 11.9. The minimum absolute atomic E-state index is 0.134. The number of aliphatic hydroxyl groups excluding tert-OH is 2. The summed E-state index contributed by atoms with van der Waals surface area (Å²) in [6.07, 6.45) is -0.0509. The van der Waals surface area contributed by atoms with Gasteiger partial charge in [-0.15, -0.1) is 0 Å². The Labute approximate surface area is 249 Å². The molecule has 2 saturated heterocycles. The SMILES string of the molecule is O=C(CO)[C@H](C[C@@H]1CCNC1O)NC(=O)[C@@H]1CN(c2ccccc2)CCN1C(=O)C1(O)c2ccccc2-c2ccccc21. The van der Waals surface area contributed by atoms with Crippen molar-refractivity contribution in [3.05, 3.63) is 90.0 Å². The molecule has 2 aliphatic heterocycles. The fourth-order valence-electron chi connectivity index (χ4n) is 6.71. The van der Waals surface area contributed by atoms with E-state index in [0.717, 1.165) is 16.8 Å². The second-order valence-corrected chi connectivity index (χ2v) is 11.5. The average molecular weight is 585 g/mol. The number of nitrogens with one attached hydrogen (secondary N) is 2. The predicted octanol–water partition coefficient (Wildman–Crippen LogP) is 0.985. The van der Waals surface area contributed by atoms with E-state index in [2.05, 4.69) is 10.6 Å². The number of piperazine rings is 1. The lowest BCUT2D eigenvalue weighted by Gasteiger charge is -2.44. The van der Waals surface area contributed by atoms with Gasteiger partial charge in [-0.05, 0) is 42.6 Å². The summed E-state index contributed by atoms with van der Waals surface area (Å²) in [7, 11) is 0. The normalized spacial score (nSPS) is 22.9. The fourth-order valence-corrected chi connectivity index (χ4v) is 6.71. The molecule has 224 valence electrons. The van der Waals surface area contributed by atoms with Crippen molar-refractivity contribution in [3.8, 4) is 11.1 Å². The van der Waals surface area contributed by atoms with Gasteiger partial charge in [0.05, 0.1) is 6.04 Å². The Bertz CT molecular complexity index is 1470. The number of nitrogens with zero attached hydrogens (tertiary/aromatic N) is 2. The first-order chi connectivity index (χ1) is 20.8. The molecular formula is C33H36N4O6. The Morgan fingerprint density at radius 1 is 0.930 bits per heavy atom. The van der Waals surface area contributed by atoms with Gasteiger partial charge in [-0.3, -0.25) is 19.7 Å². The van der Waals surface area contributed by atoms with Crippen LogP contribution in [0, 0.1) is 5.92 Å². The molecule has 0 saturated carbocycles. The summed E-state index contributed by atoms with van der Waals surface area (Å²) in [6.45, 7) is 0.533. The number of rotatable bonds is 8. The van der Waals surface area contributed by atoms with Crippen molar-refractivity contribution in [2.45, 2.75) is 36.8 Å². The Kier molecular flexibility index (Phi) is 8.02. The average Bonchev–Trinajstić information content (AvgIpc) is 3.58. The van der Waals surface area contributed by atoms with Gasteiger partial charge in [0.2, 0.25) is 5.91 Å². The highest BCUT2D eigenvalue weighted by Crippen LogP contribution is 2.48. The van der Waals surface area contributed by atoms with Gasteiger partial charge in [0, 0.05) is 42.4 Å². The number of hydrogen-bond acceptors (Lipinski definition) is 8. The Balaban J connectivity index is 1.34. The number of anilines is 1. The van der Waals surface area contributed by atoms with Crippen LogP contribution in [0.4, 0.5) is 5.69 Å². The van der Waals surface area contributed by atoms with Gasteiger partial charge in [-0.2, -0.15) is 0 Å². The van der Waals surface area contributed by atoms with Crippen LogP contribution in [0.1, 0.15) is 24.0 Å². The minimum atomic E-state index is -2.00. The van der Waals surface area contributed by atoms with E-state index in [1.54, 1.807) is 24.3 Å². The summed E-state index contributed by atoms with van der Waals surface area (Å²) in [5.74, 6) is -2.03. The van der Waals surface area contributed by atoms with Crippen LogP contribution in [0.5, 0.6) is 0 Å². The van der Waals surface area contributed by atoms with Crippen molar-refractivity contribution < 1.29 is 29.7 Å². The number of carbonyl (C=O) groups excluding carboxylic acids is 3. The molecule has 1 unspecified atom stereocenters. The Morgan fingerprint density at radius 2 is 1.56 bits per heavy atom. The third-order valence-electron chi connectivity index (χ3n) is 9.01. The Hall–Kier alpha value is -4.09. The van der Waals surface area contributed by atoms with Crippen LogP contribution in [-0.4, -0.2) is 88.9 Å². The number of aliphatic hydroxyl groups is 3. The molecule has 2 fully saturated rings. The van der Waals surface area contributed by atoms with E-state index in [0.29, 0.717) is 30.6 Å². The summed E-state index contributed by atoms with van der Waals surface area (Å²) in [5.41, 5.74) is 1.32. The molecule has 6 rings (SSSR count). The number of fused-ring (bicyclic) bond motifs is 3. The van der Waals surface area contributed by atoms with E-state index in [-0.39, 0.29) is 25.4 Å². The summed E-state index contributed by atoms with van der Waals surface area (Å²) in [4.78, 5) is 44.8. The van der Waals surface area contributed by atoms with E-state index >= 15 is 0 Å². The molecule has 10 heteroatoms. The van der Waals surface area contributed by atoms with Gasteiger partial charge in [0.15, 0.2) is 11.4 Å². The van der Waals surface area contributed by atoms with Crippen molar-refractivity contribution >= 4 is 23.3 Å². The highest BCUT2D eigenvalue weighted by Gasteiger charge is 2.52. The summed E-state index contributed by atoms with van der Waals surface area (Å²) < 4.78 is 0. The maximum absolute atomic E-state index is 14.5. The highest BCUT2D eigenvalue weighted by molar-refractivity contribution is 6.01. The van der Waals surface area contributed by atoms with Gasteiger partial charge in [0.1, 0.15) is 18.9 Å². The van der Waals surface area contributed by atoms with Gasteiger partial charge >= 0.3 is 0 Å². The summed E-state index contributed by atoms with van der Waals surface area (Å²) >= 11 is 0. The molecule has 0 bridgehead atoms. The van der Waals surface area contributed by atoms with E-state index in [1.807, 2.05) is 59.5 Å². The first kappa shape index (κ1) is 29.0. The van der Waals surface area contributed by atoms with Crippen LogP contribution >= 0.6 is 0 Å². The number of carbonyl (C=O) groups is 3. The second-order valence-electron chi connectivity index (χ2n) is 11.5. The number of benzene rings is 3. The van der Waals surface area contributed by atoms with Gasteiger partial charge in [-0.1, -0.05) is 66.7 Å². The minimum Gasteiger partial charge on any atom is -0.389 e. The van der Waals surface area contributed by atoms with Crippen molar-refractivity contribution in [3.63, 3.8) is 0 Å². The zero-order chi connectivity index (χ0) is 30.1. The lowest BCUT2D eigenvalue weighted by molar-refractivity contribution is -0.154. The van der Waals surface area contributed by atoms with Crippen molar-refractivity contribution in [1.29, 1.82) is 0 Å². The van der Waals surface area contributed by atoms with E-state index in [9.17, 15) is 29.7 Å². The summed E-state index contributed by atoms with van der Waals surface area (Å²) in [6, 6.07) is 21.9. The molecule has 0 spiro atoms. The van der Waals surface area contributed by atoms with Gasteiger partial charge in [0.25, 0.3) is 5.91 Å². The third kappa shape index (κ3) is 5.21. The van der Waals surface area contributed by atoms with Crippen LogP contribution in [0.25, 0.3) is 11.1 Å². The zero-order valence-corrected chi connectivity index (χ0v) is 23.7. The number of hydrogen-bond donors (Lipinski definition) is 5. The third-order valence-corrected chi connectivity index (χ3v) is 9.01. The highest BCUT2D eigenvalue weighted by atomic mass is 16.3. The maximum Gasteiger partial charge on any atom is 0.264 e. The molecule has 0 aromatic heterocycles. The Morgan fingerprint density at radius 3 is 2.16 bits per heavy atom. The zero-order valence-electron chi connectivity index (χ0n) is 23.7. The standard InChI is InChI=1S/C33H36N4O6/c38-20-29(39)27(18-21-14-15-34-30(21)40)35-31(41)28-19-36(22-8-2-1-3-9-22)16-17-37(28)32(42)33(43)25-12-6-4-10-23(25)24-11-5-7-13-26(24)33/h1-13,21,27-28,30,34,38,40,43H,14-20H2,(H,35,41)/t21-,27-,28-,30?/m0/s1. The molecule has 10 nitrogen and oxygen atoms in total. The topological polar surface area (TPSA) is 142 Å². The quantitative estimate of drug-likeness (QED) is 0.264. The van der Waals surface area contributed by atoms with Crippen molar-refractivity contribution in [2.75, 3.05) is 37.7 Å². The number of para-hydroxylation sites is 1. The molecule has 2 heterocycles. The van der Waals surface area contributed by atoms with Crippen LogP contribution in [-0.2, 0) is 20.0 Å². The number of amides is 2. The molecular weight excluding hydrogens is 548 g/mol. The molecule has 1 aliphatic carbocycles. The molecule has 2 amide bonds. The molecule has 3 aliphatic rings. The largest absolute Gasteiger partial charge is 0.389 e. The van der Waals surface area contributed by atoms with E-state index in [1.165, 1.54) is 4.90 Å². The fraction of sp³-hybridized carbons (Fsp3) is 0.364. The van der Waals surface area contributed by atoms with Crippen LogP contribution in [0.3, 0.4) is 0 Å². The first-order valence-electron chi connectivity index (χ1n) is 14.7. The van der Waals surface area contributed by atoms with Crippen LogP contribution in [0.15, 0.2) is 78.9 Å². The molecule has 43 heavy (non-hydrogen) atoms. The number of ketones is 1. The molecule has 0 radical (unpaired) electrons. The van der Waals surface area contributed by atoms with E-state index < -0.39 is 48.1 Å². The molecule has 5 N–H and O–H groups in total. The summed E-state index contributed by atoms with van der Waals surface area (Å²) in [5, 5.41) is 37.9. The maximum atomic E-state index is 14.5. The lowest BCUT2D eigenvalue weighted by Crippen LogP contribution is -2.65. The van der Waals surface area contributed by atoms with Crippen molar-refractivity contribution in [2.24, 2.45) is 5.92 Å². The molecule has 3 aromatic carbocycles. The van der Waals surface area contributed by atoms with E-state index in [4.69, 9.17) is 0 Å².